The lowest BCUT2D eigenvalue weighted by molar-refractivity contribution is 0.957. The third kappa shape index (κ3) is 2.04. The first-order valence-electron chi connectivity index (χ1n) is 6.29. The number of benzene rings is 2. The number of rotatable bonds is 1. The van der Waals surface area contributed by atoms with Crippen molar-refractivity contribution in [2.75, 3.05) is 0 Å². The van der Waals surface area contributed by atoms with Crippen molar-refractivity contribution in [1.82, 2.24) is 9.55 Å². The van der Waals surface area contributed by atoms with Gasteiger partial charge in [-0.25, -0.2) is 4.98 Å². The molecule has 3 aromatic rings. The fraction of sp³-hybridized carbons (Fsp3) is 0.188. The van der Waals surface area contributed by atoms with Crippen LogP contribution in [0.15, 0.2) is 41.3 Å². The van der Waals surface area contributed by atoms with Gasteiger partial charge in [0, 0.05) is 17.5 Å². The highest BCUT2D eigenvalue weighted by atomic mass is 32.1. The van der Waals surface area contributed by atoms with E-state index in [0.29, 0.717) is 0 Å². The lowest BCUT2D eigenvalue weighted by Crippen LogP contribution is -1.93. The van der Waals surface area contributed by atoms with Crippen LogP contribution in [-0.4, -0.2) is 9.55 Å². The third-order valence-electron chi connectivity index (χ3n) is 3.63. The largest absolute Gasteiger partial charge is 0.327 e. The highest BCUT2D eigenvalue weighted by Gasteiger charge is 2.10. The second kappa shape index (κ2) is 4.42. The zero-order chi connectivity index (χ0) is 13.6. The summed E-state index contributed by atoms with van der Waals surface area (Å²) in [6.07, 6.45) is 0. The first-order chi connectivity index (χ1) is 9.06. The van der Waals surface area contributed by atoms with E-state index in [2.05, 4.69) is 55.3 Å². The van der Waals surface area contributed by atoms with Gasteiger partial charge >= 0.3 is 0 Å². The van der Waals surface area contributed by atoms with E-state index < -0.39 is 0 Å². The summed E-state index contributed by atoms with van der Waals surface area (Å²) in [5.74, 6) is 0.997. The lowest BCUT2D eigenvalue weighted by Gasteiger charge is -2.05. The van der Waals surface area contributed by atoms with Crippen molar-refractivity contribution in [3.05, 3.63) is 47.5 Å². The molecule has 0 atom stereocenters. The molecule has 2 nitrogen and oxygen atoms in total. The summed E-state index contributed by atoms with van der Waals surface area (Å²) in [6, 6.07) is 12.5. The predicted octanol–water partition coefficient (Wildman–Crippen LogP) is 4.15. The number of aromatic nitrogens is 2. The molecule has 0 N–H and O–H groups in total. The van der Waals surface area contributed by atoms with Gasteiger partial charge in [-0.2, -0.15) is 0 Å². The van der Waals surface area contributed by atoms with Crippen LogP contribution in [0.1, 0.15) is 11.1 Å². The van der Waals surface area contributed by atoms with Gasteiger partial charge in [0.05, 0.1) is 11.0 Å². The Morgan fingerprint density at radius 1 is 1.00 bits per heavy atom. The molecule has 0 unspecified atom stereocenters. The van der Waals surface area contributed by atoms with E-state index in [1.54, 1.807) is 0 Å². The fourth-order valence-electron chi connectivity index (χ4n) is 2.32. The molecule has 0 aliphatic heterocycles. The standard InChI is InChI=1S/C16H16N2S/c1-10-4-5-12(8-11(10)2)16-17-14-7-6-13(19)9-15(14)18(16)3/h4-9,19H,1-3H3. The van der Waals surface area contributed by atoms with E-state index in [4.69, 9.17) is 4.98 Å². The van der Waals surface area contributed by atoms with Crippen molar-refractivity contribution in [2.45, 2.75) is 18.7 Å². The van der Waals surface area contributed by atoms with Gasteiger partial charge in [-0.15, -0.1) is 12.6 Å². The van der Waals surface area contributed by atoms with Crippen LogP contribution in [0.5, 0.6) is 0 Å². The summed E-state index contributed by atoms with van der Waals surface area (Å²) in [6.45, 7) is 4.26. The number of imidazole rings is 1. The molecule has 0 aliphatic carbocycles. The Morgan fingerprint density at radius 2 is 1.79 bits per heavy atom. The van der Waals surface area contributed by atoms with Crippen LogP contribution in [0.2, 0.25) is 0 Å². The average Bonchev–Trinajstić information content (AvgIpc) is 2.70. The Bertz CT molecular complexity index is 772. The first kappa shape index (κ1) is 12.3. The van der Waals surface area contributed by atoms with E-state index >= 15 is 0 Å². The van der Waals surface area contributed by atoms with Crippen molar-refractivity contribution in [1.29, 1.82) is 0 Å². The van der Waals surface area contributed by atoms with Crippen molar-refractivity contribution in [3.63, 3.8) is 0 Å². The number of hydrogen-bond donors (Lipinski definition) is 1. The summed E-state index contributed by atoms with van der Waals surface area (Å²) < 4.78 is 2.12. The van der Waals surface area contributed by atoms with Crippen LogP contribution in [0, 0.1) is 13.8 Å². The molecule has 19 heavy (non-hydrogen) atoms. The van der Waals surface area contributed by atoms with Crippen LogP contribution in [0.3, 0.4) is 0 Å². The normalized spacial score (nSPS) is 11.2. The van der Waals surface area contributed by atoms with Gasteiger partial charge in [0.2, 0.25) is 0 Å². The fourth-order valence-corrected chi connectivity index (χ4v) is 2.51. The molecule has 0 bridgehead atoms. The SMILES string of the molecule is Cc1ccc(-c2nc3ccc(S)cc3n2C)cc1C. The molecule has 0 spiro atoms. The van der Waals surface area contributed by atoms with E-state index in [0.717, 1.165) is 27.3 Å². The number of fused-ring (bicyclic) bond motifs is 1. The molecular formula is C16H16N2S. The number of thiol groups is 1. The van der Waals surface area contributed by atoms with Crippen molar-refractivity contribution in [2.24, 2.45) is 7.05 Å². The Kier molecular flexibility index (Phi) is 2.86. The van der Waals surface area contributed by atoms with Crippen LogP contribution in [-0.2, 0) is 7.05 Å². The van der Waals surface area contributed by atoms with Crippen LogP contribution in [0.4, 0.5) is 0 Å². The van der Waals surface area contributed by atoms with E-state index in [9.17, 15) is 0 Å². The molecule has 3 rings (SSSR count). The Labute approximate surface area is 118 Å². The smallest absolute Gasteiger partial charge is 0.140 e. The molecule has 0 saturated carbocycles. The second-order valence-corrected chi connectivity index (χ2v) is 5.48. The molecule has 0 aliphatic rings. The monoisotopic (exact) mass is 268 g/mol. The molecule has 1 heterocycles. The molecule has 96 valence electrons. The van der Waals surface area contributed by atoms with Crippen molar-refractivity contribution < 1.29 is 0 Å². The molecule has 0 saturated heterocycles. The first-order valence-corrected chi connectivity index (χ1v) is 6.74. The summed E-state index contributed by atoms with van der Waals surface area (Å²) in [5.41, 5.74) is 5.87. The van der Waals surface area contributed by atoms with Gasteiger partial charge in [-0.1, -0.05) is 12.1 Å². The summed E-state index contributed by atoms with van der Waals surface area (Å²) in [4.78, 5) is 5.68. The molecule has 0 radical (unpaired) electrons. The Balaban J connectivity index is 2.24. The van der Waals surface area contributed by atoms with E-state index in [1.165, 1.54) is 11.1 Å². The topological polar surface area (TPSA) is 17.8 Å². The molecule has 3 heteroatoms. The maximum Gasteiger partial charge on any atom is 0.140 e. The lowest BCUT2D eigenvalue weighted by atomic mass is 10.1. The van der Waals surface area contributed by atoms with E-state index in [1.807, 2.05) is 19.2 Å². The summed E-state index contributed by atoms with van der Waals surface area (Å²) in [7, 11) is 2.05. The van der Waals surface area contributed by atoms with Gasteiger partial charge < -0.3 is 4.57 Å². The van der Waals surface area contributed by atoms with E-state index in [-0.39, 0.29) is 0 Å². The number of hydrogen-bond acceptors (Lipinski definition) is 2. The maximum absolute atomic E-state index is 4.72. The zero-order valence-corrected chi connectivity index (χ0v) is 12.2. The van der Waals surface area contributed by atoms with Crippen LogP contribution < -0.4 is 0 Å². The van der Waals surface area contributed by atoms with Crippen molar-refractivity contribution >= 4 is 23.7 Å². The van der Waals surface area contributed by atoms with Gasteiger partial charge in [0.15, 0.2) is 0 Å². The van der Waals surface area contributed by atoms with Gasteiger partial charge in [-0.3, -0.25) is 0 Å². The van der Waals surface area contributed by atoms with Gasteiger partial charge in [0.1, 0.15) is 5.82 Å². The molecule has 0 fully saturated rings. The second-order valence-electron chi connectivity index (χ2n) is 4.97. The average molecular weight is 268 g/mol. The summed E-state index contributed by atoms with van der Waals surface area (Å²) >= 11 is 4.39. The van der Waals surface area contributed by atoms with Gasteiger partial charge in [-0.05, 0) is 49.2 Å². The highest BCUT2D eigenvalue weighted by Crippen LogP contribution is 2.26. The minimum Gasteiger partial charge on any atom is -0.327 e. The van der Waals surface area contributed by atoms with Crippen LogP contribution in [0.25, 0.3) is 22.4 Å². The minimum atomic E-state index is 0.960. The van der Waals surface area contributed by atoms with Gasteiger partial charge in [0.25, 0.3) is 0 Å². The van der Waals surface area contributed by atoms with Crippen molar-refractivity contribution in [3.8, 4) is 11.4 Å². The zero-order valence-electron chi connectivity index (χ0n) is 11.3. The maximum atomic E-state index is 4.72. The molecular weight excluding hydrogens is 252 g/mol. The highest BCUT2D eigenvalue weighted by molar-refractivity contribution is 7.80. The summed E-state index contributed by atoms with van der Waals surface area (Å²) in [5, 5.41) is 0. The number of aryl methyl sites for hydroxylation is 3. The minimum absolute atomic E-state index is 0.960. The Hall–Kier alpha value is -1.74. The molecule has 0 amide bonds. The number of nitrogens with zero attached hydrogens (tertiary/aromatic N) is 2. The molecule has 1 aromatic heterocycles. The van der Waals surface area contributed by atoms with Crippen LogP contribution >= 0.6 is 12.6 Å². The quantitative estimate of drug-likeness (QED) is 0.657. The Morgan fingerprint density at radius 3 is 2.53 bits per heavy atom. The molecule has 2 aromatic carbocycles. The third-order valence-corrected chi connectivity index (χ3v) is 3.91. The predicted molar refractivity (Wildman–Crippen MR) is 82.9 cm³/mol.